The van der Waals surface area contributed by atoms with Gasteiger partial charge in [0.25, 0.3) is 0 Å². The third kappa shape index (κ3) is 2.35. The first-order valence-electron chi connectivity index (χ1n) is 7.56. The number of aromatic nitrogens is 1. The molecule has 1 aliphatic heterocycles. The molecule has 2 aliphatic rings. The van der Waals surface area contributed by atoms with Gasteiger partial charge in [-0.15, -0.1) is 11.3 Å². The van der Waals surface area contributed by atoms with Crippen LogP contribution in [0.2, 0.25) is 0 Å². The van der Waals surface area contributed by atoms with Crippen molar-refractivity contribution in [1.29, 1.82) is 0 Å². The van der Waals surface area contributed by atoms with Gasteiger partial charge in [-0.1, -0.05) is 24.3 Å². The molecule has 0 bridgehead atoms. The summed E-state index contributed by atoms with van der Waals surface area (Å²) in [5.41, 5.74) is 9.08. The summed E-state index contributed by atoms with van der Waals surface area (Å²) in [7, 11) is 0. The van der Waals surface area contributed by atoms with Crippen LogP contribution in [0, 0.1) is 0 Å². The first kappa shape index (κ1) is 13.2. The number of piperazine rings is 1. The molecule has 110 valence electrons. The largest absolute Gasteiger partial charge is 0.346 e. The van der Waals surface area contributed by atoms with Gasteiger partial charge in [0.05, 0.1) is 0 Å². The van der Waals surface area contributed by atoms with Crippen LogP contribution < -0.4 is 10.6 Å². The molecule has 1 fully saturated rings. The molecule has 1 aliphatic carbocycles. The molecule has 0 radical (unpaired) electrons. The second-order valence-corrected chi connectivity index (χ2v) is 6.70. The molecule has 0 saturated carbocycles. The molecule has 2 N–H and O–H groups in total. The van der Waals surface area contributed by atoms with Crippen molar-refractivity contribution in [2.45, 2.75) is 18.5 Å². The van der Waals surface area contributed by atoms with Gasteiger partial charge in [-0.05, 0) is 17.5 Å². The third-order valence-corrected chi connectivity index (χ3v) is 5.51. The van der Waals surface area contributed by atoms with Gasteiger partial charge in [0.15, 0.2) is 5.13 Å². The Kier molecular flexibility index (Phi) is 3.41. The van der Waals surface area contributed by atoms with E-state index in [0.717, 1.165) is 37.7 Å². The van der Waals surface area contributed by atoms with Crippen LogP contribution in [0.25, 0.3) is 0 Å². The topological polar surface area (TPSA) is 45.4 Å². The molecule has 2 heterocycles. The molecule has 0 spiro atoms. The van der Waals surface area contributed by atoms with Gasteiger partial charge in [0, 0.05) is 49.8 Å². The lowest BCUT2D eigenvalue weighted by Crippen LogP contribution is -2.47. The number of anilines is 1. The van der Waals surface area contributed by atoms with E-state index in [1.807, 2.05) is 11.6 Å². The van der Waals surface area contributed by atoms with Gasteiger partial charge in [-0.2, -0.15) is 0 Å². The van der Waals surface area contributed by atoms with E-state index in [-0.39, 0.29) is 6.04 Å². The molecule has 4 nitrogen and oxygen atoms in total. The summed E-state index contributed by atoms with van der Waals surface area (Å²) in [4.78, 5) is 9.40. The summed E-state index contributed by atoms with van der Waals surface area (Å²) in [5.74, 6) is 0. The van der Waals surface area contributed by atoms with Crippen molar-refractivity contribution >= 4 is 16.5 Å². The van der Waals surface area contributed by atoms with E-state index in [2.05, 4.69) is 39.0 Å². The molecule has 0 amide bonds. The van der Waals surface area contributed by atoms with E-state index in [9.17, 15) is 0 Å². The lowest BCUT2D eigenvalue weighted by Gasteiger charge is -2.38. The molecule has 1 aromatic heterocycles. The summed E-state index contributed by atoms with van der Waals surface area (Å²) in [6.45, 7) is 4.29. The van der Waals surface area contributed by atoms with Crippen LogP contribution in [0.15, 0.2) is 35.8 Å². The highest BCUT2D eigenvalue weighted by Crippen LogP contribution is 2.41. The quantitative estimate of drug-likeness (QED) is 0.925. The lowest BCUT2D eigenvalue weighted by atomic mass is 10.1. The number of nitrogens with two attached hydrogens (primary N) is 1. The van der Waals surface area contributed by atoms with E-state index in [0.29, 0.717) is 6.04 Å². The maximum Gasteiger partial charge on any atom is 0.185 e. The number of hydrogen-bond acceptors (Lipinski definition) is 5. The Hall–Kier alpha value is -1.43. The van der Waals surface area contributed by atoms with E-state index in [1.165, 1.54) is 11.1 Å². The van der Waals surface area contributed by atoms with Gasteiger partial charge in [0.2, 0.25) is 0 Å². The molecule has 5 heteroatoms. The Labute approximate surface area is 129 Å². The standard InChI is InChI=1S/C16H20N4S/c17-14-11-15(13-4-2-1-3-12(13)14)19-6-8-20(9-7-19)16-18-5-10-21-16/h1-5,10,14-15H,6-9,11,17H2. The first-order chi connectivity index (χ1) is 10.3. The predicted octanol–water partition coefficient (Wildman–Crippen LogP) is 2.41. The normalized spacial score (nSPS) is 26.0. The fraction of sp³-hybridized carbons (Fsp3) is 0.438. The van der Waals surface area contributed by atoms with Crippen molar-refractivity contribution in [2.75, 3.05) is 31.1 Å². The number of benzene rings is 1. The van der Waals surface area contributed by atoms with Gasteiger partial charge in [-0.3, -0.25) is 4.90 Å². The molecule has 2 unspecified atom stereocenters. The number of fused-ring (bicyclic) bond motifs is 1. The monoisotopic (exact) mass is 300 g/mol. The van der Waals surface area contributed by atoms with Crippen molar-refractivity contribution in [2.24, 2.45) is 5.73 Å². The van der Waals surface area contributed by atoms with Gasteiger partial charge >= 0.3 is 0 Å². The fourth-order valence-corrected chi connectivity index (χ4v) is 4.29. The Morgan fingerprint density at radius 1 is 1.10 bits per heavy atom. The van der Waals surface area contributed by atoms with E-state index in [4.69, 9.17) is 5.73 Å². The zero-order valence-corrected chi connectivity index (χ0v) is 12.8. The zero-order chi connectivity index (χ0) is 14.2. The molecular weight excluding hydrogens is 280 g/mol. The van der Waals surface area contributed by atoms with Crippen LogP contribution in [-0.4, -0.2) is 36.1 Å². The first-order valence-corrected chi connectivity index (χ1v) is 8.44. The van der Waals surface area contributed by atoms with Gasteiger partial charge < -0.3 is 10.6 Å². The molecule has 4 rings (SSSR count). The third-order valence-electron chi connectivity index (χ3n) is 4.68. The molecule has 2 atom stereocenters. The maximum atomic E-state index is 6.30. The van der Waals surface area contributed by atoms with Crippen molar-refractivity contribution < 1.29 is 0 Å². The van der Waals surface area contributed by atoms with Crippen molar-refractivity contribution in [3.63, 3.8) is 0 Å². The summed E-state index contributed by atoms with van der Waals surface area (Å²) in [5, 5.41) is 3.20. The summed E-state index contributed by atoms with van der Waals surface area (Å²) < 4.78 is 0. The minimum atomic E-state index is 0.197. The maximum absolute atomic E-state index is 6.30. The van der Waals surface area contributed by atoms with E-state index < -0.39 is 0 Å². The Balaban J connectivity index is 1.48. The Morgan fingerprint density at radius 3 is 2.57 bits per heavy atom. The highest BCUT2D eigenvalue weighted by Gasteiger charge is 2.34. The second-order valence-electron chi connectivity index (χ2n) is 5.82. The Morgan fingerprint density at radius 2 is 1.86 bits per heavy atom. The zero-order valence-electron chi connectivity index (χ0n) is 12.0. The highest BCUT2D eigenvalue weighted by atomic mass is 32.1. The van der Waals surface area contributed by atoms with Crippen LogP contribution in [0.1, 0.15) is 29.6 Å². The van der Waals surface area contributed by atoms with Gasteiger partial charge in [-0.25, -0.2) is 4.98 Å². The SMILES string of the molecule is NC1CC(N2CCN(c3nccs3)CC2)c2ccccc21. The highest BCUT2D eigenvalue weighted by molar-refractivity contribution is 7.13. The van der Waals surface area contributed by atoms with Crippen LogP contribution >= 0.6 is 11.3 Å². The minimum absolute atomic E-state index is 0.197. The van der Waals surface area contributed by atoms with Crippen LogP contribution in [0.4, 0.5) is 5.13 Å². The van der Waals surface area contributed by atoms with Gasteiger partial charge in [0.1, 0.15) is 0 Å². The summed E-state index contributed by atoms with van der Waals surface area (Å²) in [6, 6.07) is 9.36. The number of nitrogens with zero attached hydrogens (tertiary/aromatic N) is 3. The smallest absolute Gasteiger partial charge is 0.185 e. The minimum Gasteiger partial charge on any atom is -0.346 e. The number of hydrogen-bond donors (Lipinski definition) is 1. The molecule has 2 aromatic rings. The number of thiazole rings is 1. The van der Waals surface area contributed by atoms with Crippen LogP contribution in [0.3, 0.4) is 0 Å². The predicted molar refractivity (Wildman–Crippen MR) is 86.6 cm³/mol. The van der Waals surface area contributed by atoms with Crippen LogP contribution in [-0.2, 0) is 0 Å². The molecule has 1 aromatic carbocycles. The van der Waals surface area contributed by atoms with E-state index in [1.54, 1.807) is 11.3 Å². The molecular formula is C16H20N4S. The second kappa shape index (κ2) is 5.40. The summed E-state index contributed by atoms with van der Waals surface area (Å²) in [6.07, 6.45) is 2.94. The summed E-state index contributed by atoms with van der Waals surface area (Å²) >= 11 is 1.73. The average molecular weight is 300 g/mol. The van der Waals surface area contributed by atoms with Crippen molar-refractivity contribution in [3.8, 4) is 0 Å². The van der Waals surface area contributed by atoms with Crippen molar-refractivity contribution in [3.05, 3.63) is 47.0 Å². The Bertz CT molecular complexity index is 604. The van der Waals surface area contributed by atoms with Crippen molar-refractivity contribution in [1.82, 2.24) is 9.88 Å². The van der Waals surface area contributed by atoms with E-state index >= 15 is 0 Å². The fourth-order valence-electron chi connectivity index (χ4n) is 3.59. The average Bonchev–Trinajstić information content (AvgIpc) is 3.17. The lowest BCUT2D eigenvalue weighted by molar-refractivity contribution is 0.181. The molecule has 21 heavy (non-hydrogen) atoms. The van der Waals surface area contributed by atoms with Crippen LogP contribution in [0.5, 0.6) is 0 Å². The number of rotatable bonds is 2. The molecule has 1 saturated heterocycles.